The molecule has 0 N–H and O–H groups in total. The van der Waals surface area contributed by atoms with Crippen LogP contribution in [0.4, 0.5) is 0 Å². The summed E-state index contributed by atoms with van der Waals surface area (Å²) in [6, 6.07) is 5.91. The van der Waals surface area contributed by atoms with E-state index in [1.807, 2.05) is 18.7 Å². The molecule has 0 saturated heterocycles. The molecule has 0 spiro atoms. The molecule has 1 fully saturated rings. The number of amides is 1. The number of benzene rings is 1. The first-order chi connectivity index (χ1) is 9.08. The van der Waals surface area contributed by atoms with Crippen molar-refractivity contribution < 1.29 is 14.3 Å². The molecule has 0 aliphatic heterocycles. The fourth-order valence-electron chi connectivity index (χ4n) is 2.29. The highest BCUT2D eigenvalue weighted by molar-refractivity contribution is 5.97. The van der Waals surface area contributed by atoms with Crippen LogP contribution in [0.25, 0.3) is 0 Å². The normalized spacial score (nSPS) is 14.4. The smallest absolute Gasteiger partial charge is 0.258 e. The molecule has 0 unspecified atom stereocenters. The van der Waals surface area contributed by atoms with Crippen LogP contribution in [0, 0.1) is 0 Å². The number of hydrogen-bond acceptors (Lipinski definition) is 3. The van der Waals surface area contributed by atoms with E-state index in [4.69, 9.17) is 9.47 Å². The third-order valence-electron chi connectivity index (χ3n) is 3.37. The van der Waals surface area contributed by atoms with Gasteiger partial charge in [-0.1, -0.05) is 0 Å². The summed E-state index contributed by atoms with van der Waals surface area (Å²) < 4.78 is 10.5. The number of nitrogens with zero attached hydrogens (tertiary/aromatic N) is 1. The highest BCUT2D eigenvalue weighted by atomic mass is 16.5. The molecule has 4 nitrogen and oxygen atoms in total. The molecule has 1 aliphatic carbocycles. The van der Waals surface area contributed by atoms with Gasteiger partial charge in [0, 0.05) is 18.2 Å². The lowest BCUT2D eigenvalue weighted by Crippen LogP contribution is -2.38. The van der Waals surface area contributed by atoms with Crippen LogP contribution in [-0.4, -0.2) is 37.1 Å². The Balaban J connectivity index is 2.31. The number of methoxy groups -OCH3 is 2. The SMILES string of the molecule is COc1ccc(C(=O)N(C(C)C)C2CC2)c(OC)c1. The van der Waals surface area contributed by atoms with Gasteiger partial charge in [0.2, 0.25) is 0 Å². The minimum Gasteiger partial charge on any atom is -0.497 e. The summed E-state index contributed by atoms with van der Waals surface area (Å²) in [5, 5.41) is 0. The average Bonchev–Trinajstić information content (AvgIpc) is 3.22. The molecule has 1 aliphatic rings. The van der Waals surface area contributed by atoms with Crippen molar-refractivity contribution in [2.45, 2.75) is 38.8 Å². The minimum absolute atomic E-state index is 0.0389. The van der Waals surface area contributed by atoms with Crippen LogP contribution < -0.4 is 9.47 Å². The zero-order valence-corrected chi connectivity index (χ0v) is 12.0. The second-order valence-corrected chi connectivity index (χ2v) is 5.10. The lowest BCUT2D eigenvalue weighted by Gasteiger charge is -2.27. The van der Waals surface area contributed by atoms with E-state index in [-0.39, 0.29) is 11.9 Å². The highest BCUT2D eigenvalue weighted by Gasteiger charge is 2.35. The Bertz CT molecular complexity index is 464. The standard InChI is InChI=1S/C15H21NO3/c1-10(2)16(11-5-6-11)15(17)13-8-7-12(18-3)9-14(13)19-4/h7-11H,5-6H2,1-4H3. The van der Waals surface area contributed by atoms with Crippen molar-refractivity contribution in [2.24, 2.45) is 0 Å². The van der Waals surface area contributed by atoms with Crippen molar-refractivity contribution in [1.82, 2.24) is 4.90 Å². The van der Waals surface area contributed by atoms with E-state index in [0.29, 0.717) is 23.1 Å². The van der Waals surface area contributed by atoms with Gasteiger partial charge in [0.05, 0.1) is 19.8 Å². The molecule has 0 radical (unpaired) electrons. The molecule has 104 valence electrons. The van der Waals surface area contributed by atoms with Gasteiger partial charge in [-0.15, -0.1) is 0 Å². The molecule has 0 heterocycles. The molecule has 1 saturated carbocycles. The Labute approximate surface area is 114 Å². The summed E-state index contributed by atoms with van der Waals surface area (Å²) in [6.45, 7) is 4.10. The van der Waals surface area contributed by atoms with Gasteiger partial charge in [-0.3, -0.25) is 4.79 Å². The molecule has 4 heteroatoms. The van der Waals surface area contributed by atoms with E-state index in [1.54, 1.807) is 32.4 Å². The number of carbonyl (C=O) groups excluding carboxylic acids is 1. The van der Waals surface area contributed by atoms with E-state index in [9.17, 15) is 4.79 Å². The first-order valence-corrected chi connectivity index (χ1v) is 6.63. The zero-order chi connectivity index (χ0) is 14.0. The van der Waals surface area contributed by atoms with Gasteiger partial charge in [-0.05, 0) is 38.8 Å². The number of ether oxygens (including phenoxy) is 2. The van der Waals surface area contributed by atoms with E-state index in [1.165, 1.54) is 0 Å². The molecule has 1 aromatic carbocycles. The van der Waals surface area contributed by atoms with E-state index < -0.39 is 0 Å². The molecule has 0 bridgehead atoms. The number of rotatable bonds is 5. The van der Waals surface area contributed by atoms with Crippen LogP contribution in [0.15, 0.2) is 18.2 Å². The fraction of sp³-hybridized carbons (Fsp3) is 0.533. The minimum atomic E-state index is 0.0389. The van der Waals surface area contributed by atoms with Crippen LogP contribution in [0.1, 0.15) is 37.0 Å². The van der Waals surface area contributed by atoms with E-state index in [0.717, 1.165) is 12.8 Å². The molecule has 1 amide bonds. The molecule has 19 heavy (non-hydrogen) atoms. The summed E-state index contributed by atoms with van der Waals surface area (Å²) in [7, 11) is 3.17. The van der Waals surface area contributed by atoms with Crippen LogP contribution in [0.5, 0.6) is 11.5 Å². The second kappa shape index (κ2) is 5.51. The largest absolute Gasteiger partial charge is 0.497 e. The monoisotopic (exact) mass is 263 g/mol. The van der Waals surface area contributed by atoms with Crippen molar-refractivity contribution in [3.05, 3.63) is 23.8 Å². The van der Waals surface area contributed by atoms with Gasteiger partial charge >= 0.3 is 0 Å². The third kappa shape index (κ3) is 2.83. The van der Waals surface area contributed by atoms with Gasteiger partial charge in [-0.2, -0.15) is 0 Å². The molecule has 2 rings (SSSR count). The summed E-state index contributed by atoms with van der Waals surface area (Å²) in [6.07, 6.45) is 2.20. The Morgan fingerprint density at radius 3 is 2.42 bits per heavy atom. The Kier molecular flexibility index (Phi) is 3.98. The zero-order valence-electron chi connectivity index (χ0n) is 12.0. The van der Waals surface area contributed by atoms with Crippen LogP contribution in [-0.2, 0) is 0 Å². The summed E-state index contributed by atoms with van der Waals surface area (Å²) >= 11 is 0. The molecule has 0 aromatic heterocycles. The van der Waals surface area contributed by atoms with Crippen LogP contribution in [0.2, 0.25) is 0 Å². The quantitative estimate of drug-likeness (QED) is 0.820. The molecular formula is C15H21NO3. The second-order valence-electron chi connectivity index (χ2n) is 5.10. The van der Waals surface area contributed by atoms with Crippen LogP contribution in [0.3, 0.4) is 0 Å². The topological polar surface area (TPSA) is 38.8 Å². The first kappa shape index (κ1) is 13.7. The van der Waals surface area contributed by atoms with Crippen molar-refractivity contribution in [3.63, 3.8) is 0 Å². The Hall–Kier alpha value is -1.71. The third-order valence-corrected chi connectivity index (χ3v) is 3.37. The average molecular weight is 263 g/mol. The molecule has 0 atom stereocenters. The number of hydrogen-bond donors (Lipinski definition) is 0. The van der Waals surface area contributed by atoms with Crippen molar-refractivity contribution in [3.8, 4) is 11.5 Å². The maximum absolute atomic E-state index is 12.7. The fourth-order valence-corrected chi connectivity index (χ4v) is 2.29. The maximum Gasteiger partial charge on any atom is 0.258 e. The number of carbonyl (C=O) groups is 1. The molecule has 1 aromatic rings. The predicted octanol–water partition coefficient (Wildman–Crippen LogP) is 2.72. The van der Waals surface area contributed by atoms with Gasteiger partial charge in [0.25, 0.3) is 5.91 Å². The summed E-state index contributed by atoms with van der Waals surface area (Å²) in [4.78, 5) is 14.6. The van der Waals surface area contributed by atoms with Crippen LogP contribution >= 0.6 is 0 Å². The summed E-state index contributed by atoms with van der Waals surface area (Å²) in [5.41, 5.74) is 0.601. The predicted molar refractivity (Wildman–Crippen MR) is 73.9 cm³/mol. The lowest BCUT2D eigenvalue weighted by molar-refractivity contribution is 0.0687. The lowest BCUT2D eigenvalue weighted by atomic mass is 10.1. The van der Waals surface area contributed by atoms with Crippen molar-refractivity contribution in [1.29, 1.82) is 0 Å². The van der Waals surface area contributed by atoms with E-state index in [2.05, 4.69) is 0 Å². The summed E-state index contributed by atoms with van der Waals surface area (Å²) in [5.74, 6) is 1.29. The van der Waals surface area contributed by atoms with Gasteiger partial charge < -0.3 is 14.4 Å². The van der Waals surface area contributed by atoms with Gasteiger partial charge in [-0.25, -0.2) is 0 Å². The maximum atomic E-state index is 12.7. The highest BCUT2D eigenvalue weighted by Crippen LogP contribution is 2.33. The van der Waals surface area contributed by atoms with Crippen molar-refractivity contribution >= 4 is 5.91 Å². The molecular weight excluding hydrogens is 242 g/mol. The van der Waals surface area contributed by atoms with Gasteiger partial charge in [0.15, 0.2) is 0 Å². The van der Waals surface area contributed by atoms with Crippen molar-refractivity contribution in [2.75, 3.05) is 14.2 Å². The Morgan fingerprint density at radius 2 is 1.95 bits per heavy atom. The van der Waals surface area contributed by atoms with E-state index >= 15 is 0 Å². The first-order valence-electron chi connectivity index (χ1n) is 6.63. The van der Waals surface area contributed by atoms with Gasteiger partial charge in [0.1, 0.15) is 11.5 Å². The Morgan fingerprint density at radius 1 is 1.26 bits per heavy atom.